The summed E-state index contributed by atoms with van der Waals surface area (Å²) in [4.78, 5) is 4.23. The third-order valence-corrected chi connectivity index (χ3v) is 2.95. The maximum absolute atomic E-state index is 12.1. The minimum Gasteiger partial charge on any atom is -0.370 e. The predicted octanol–water partition coefficient (Wildman–Crippen LogP) is 3.07. The number of ether oxygens (including phenoxy) is 1. The monoisotopic (exact) mass is 284 g/mol. The third-order valence-electron chi connectivity index (χ3n) is 2.95. The Hall–Kier alpha value is -1.66. The number of fused-ring (bicyclic) bond motifs is 1. The van der Waals surface area contributed by atoms with Crippen LogP contribution in [-0.4, -0.2) is 31.4 Å². The third kappa shape index (κ3) is 3.68. The number of pyridine rings is 1. The quantitative estimate of drug-likeness (QED) is 0.916. The minimum atomic E-state index is -4.31. The molecule has 6 heteroatoms. The van der Waals surface area contributed by atoms with Crippen LogP contribution in [0.1, 0.15) is 11.6 Å². The first kappa shape index (κ1) is 14.7. The average Bonchev–Trinajstić information content (AvgIpc) is 2.42. The number of benzene rings is 1. The second kappa shape index (κ2) is 6.19. The van der Waals surface area contributed by atoms with Gasteiger partial charge in [-0.3, -0.25) is 4.98 Å². The zero-order valence-electron chi connectivity index (χ0n) is 10.9. The van der Waals surface area contributed by atoms with Crippen molar-refractivity contribution in [3.63, 3.8) is 0 Å². The van der Waals surface area contributed by atoms with E-state index in [4.69, 9.17) is 4.74 Å². The van der Waals surface area contributed by atoms with E-state index < -0.39 is 12.8 Å². The lowest BCUT2D eigenvalue weighted by Gasteiger charge is -2.19. The van der Waals surface area contributed by atoms with Gasteiger partial charge in [-0.25, -0.2) is 0 Å². The van der Waals surface area contributed by atoms with Crippen LogP contribution in [0.25, 0.3) is 10.9 Å². The van der Waals surface area contributed by atoms with E-state index in [-0.39, 0.29) is 12.6 Å². The molecule has 0 spiro atoms. The van der Waals surface area contributed by atoms with E-state index in [0.29, 0.717) is 0 Å². The molecule has 1 heterocycles. The largest absolute Gasteiger partial charge is 0.411 e. The van der Waals surface area contributed by atoms with Gasteiger partial charge in [0.05, 0.1) is 18.2 Å². The number of rotatable bonds is 5. The second-order valence-electron chi connectivity index (χ2n) is 4.39. The second-order valence-corrected chi connectivity index (χ2v) is 4.39. The molecule has 1 unspecified atom stereocenters. The van der Waals surface area contributed by atoms with Gasteiger partial charge in [0.1, 0.15) is 6.61 Å². The van der Waals surface area contributed by atoms with E-state index in [2.05, 4.69) is 10.3 Å². The lowest BCUT2D eigenvalue weighted by molar-refractivity contribution is -0.175. The summed E-state index contributed by atoms with van der Waals surface area (Å²) in [5.41, 5.74) is 1.68. The van der Waals surface area contributed by atoms with Gasteiger partial charge in [-0.15, -0.1) is 0 Å². The molecule has 20 heavy (non-hydrogen) atoms. The van der Waals surface area contributed by atoms with Crippen LogP contribution >= 0.6 is 0 Å². The van der Waals surface area contributed by atoms with Crippen molar-refractivity contribution < 1.29 is 17.9 Å². The van der Waals surface area contributed by atoms with Crippen molar-refractivity contribution >= 4 is 10.9 Å². The molecule has 2 rings (SSSR count). The summed E-state index contributed by atoms with van der Waals surface area (Å²) in [6.45, 7) is -1.29. The van der Waals surface area contributed by atoms with Crippen LogP contribution in [0.2, 0.25) is 0 Å². The van der Waals surface area contributed by atoms with Crippen LogP contribution < -0.4 is 5.32 Å². The fourth-order valence-electron chi connectivity index (χ4n) is 2.05. The maximum atomic E-state index is 12.1. The number of likely N-dealkylation sites (N-methyl/N-ethyl adjacent to an activating group) is 1. The Morgan fingerprint density at radius 2 is 2.05 bits per heavy atom. The van der Waals surface area contributed by atoms with Gasteiger partial charge in [0.2, 0.25) is 0 Å². The van der Waals surface area contributed by atoms with Crippen LogP contribution in [0.4, 0.5) is 13.2 Å². The lowest BCUT2D eigenvalue weighted by atomic mass is 10.0. The van der Waals surface area contributed by atoms with Crippen LogP contribution in [-0.2, 0) is 4.74 Å². The van der Waals surface area contributed by atoms with Crippen molar-refractivity contribution in [3.8, 4) is 0 Å². The van der Waals surface area contributed by atoms with Gasteiger partial charge >= 0.3 is 6.18 Å². The molecule has 0 radical (unpaired) electrons. The Labute approximate surface area is 114 Å². The molecule has 1 N–H and O–H groups in total. The summed E-state index contributed by atoms with van der Waals surface area (Å²) in [5.74, 6) is 0. The Bertz CT molecular complexity index is 566. The summed E-state index contributed by atoms with van der Waals surface area (Å²) < 4.78 is 41.1. The molecular formula is C14H15F3N2O. The van der Waals surface area contributed by atoms with E-state index in [1.165, 1.54) is 0 Å². The molecule has 0 bridgehead atoms. The number of aromatic nitrogens is 1. The molecule has 0 aliphatic heterocycles. The van der Waals surface area contributed by atoms with Gasteiger partial charge in [-0.2, -0.15) is 13.2 Å². The Balaban J connectivity index is 2.17. The number of nitrogens with one attached hydrogen (secondary N) is 1. The minimum absolute atomic E-state index is 0.0516. The number of hydrogen-bond acceptors (Lipinski definition) is 3. The van der Waals surface area contributed by atoms with Crippen molar-refractivity contribution in [3.05, 3.63) is 42.1 Å². The van der Waals surface area contributed by atoms with Gasteiger partial charge in [0.25, 0.3) is 0 Å². The van der Waals surface area contributed by atoms with Crippen LogP contribution in [0, 0.1) is 0 Å². The standard InChI is InChI=1S/C14H15F3N2O/c1-18-13(8-20-9-14(15,16)17)11-4-2-6-12-10(11)5-3-7-19-12/h2-7,13,18H,8-9H2,1H3. The van der Waals surface area contributed by atoms with Crippen LogP contribution in [0.15, 0.2) is 36.5 Å². The molecule has 0 saturated carbocycles. The van der Waals surface area contributed by atoms with Crippen molar-refractivity contribution in [2.24, 2.45) is 0 Å². The van der Waals surface area contributed by atoms with E-state index in [0.717, 1.165) is 16.5 Å². The highest BCUT2D eigenvalue weighted by Crippen LogP contribution is 2.24. The molecule has 0 aliphatic carbocycles. The fourth-order valence-corrected chi connectivity index (χ4v) is 2.05. The normalized spacial score (nSPS) is 13.6. The topological polar surface area (TPSA) is 34.1 Å². The fraction of sp³-hybridized carbons (Fsp3) is 0.357. The van der Waals surface area contributed by atoms with E-state index in [1.807, 2.05) is 24.3 Å². The molecule has 2 aromatic rings. The number of halogens is 3. The van der Waals surface area contributed by atoms with Crippen LogP contribution in [0.3, 0.4) is 0 Å². The molecule has 1 aromatic heterocycles. The molecule has 108 valence electrons. The molecule has 0 amide bonds. The van der Waals surface area contributed by atoms with E-state index >= 15 is 0 Å². The Morgan fingerprint density at radius 3 is 2.75 bits per heavy atom. The molecule has 0 fully saturated rings. The number of alkyl halides is 3. The van der Waals surface area contributed by atoms with Crippen LogP contribution in [0.5, 0.6) is 0 Å². The summed E-state index contributed by atoms with van der Waals surface area (Å²) in [6.07, 6.45) is -2.63. The summed E-state index contributed by atoms with van der Waals surface area (Å²) in [7, 11) is 1.69. The molecular weight excluding hydrogens is 269 g/mol. The van der Waals surface area contributed by atoms with Crippen molar-refractivity contribution in [1.82, 2.24) is 10.3 Å². The molecule has 1 atom stereocenters. The molecule has 3 nitrogen and oxygen atoms in total. The average molecular weight is 284 g/mol. The molecule has 1 aromatic carbocycles. The molecule has 0 saturated heterocycles. The summed E-state index contributed by atoms with van der Waals surface area (Å²) in [5, 5.41) is 3.88. The maximum Gasteiger partial charge on any atom is 0.411 e. The Morgan fingerprint density at radius 1 is 1.25 bits per heavy atom. The van der Waals surface area contributed by atoms with Gasteiger partial charge < -0.3 is 10.1 Å². The first-order valence-corrected chi connectivity index (χ1v) is 6.16. The predicted molar refractivity (Wildman–Crippen MR) is 70.4 cm³/mol. The Kier molecular flexibility index (Phi) is 4.57. The van der Waals surface area contributed by atoms with E-state index in [9.17, 15) is 13.2 Å². The zero-order valence-corrected chi connectivity index (χ0v) is 10.9. The van der Waals surface area contributed by atoms with Gasteiger partial charge in [0, 0.05) is 11.6 Å². The molecule has 0 aliphatic rings. The lowest BCUT2D eigenvalue weighted by Crippen LogP contribution is -2.25. The van der Waals surface area contributed by atoms with Gasteiger partial charge in [-0.1, -0.05) is 18.2 Å². The van der Waals surface area contributed by atoms with Gasteiger partial charge in [-0.05, 0) is 24.7 Å². The number of nitrogens with zero attached hydrogens (tertiary/aromatic N) is 1. The highest BCUT2D eigenvalue weighted by atomic mass is 19.4. The SMILES string of the molecule is CNC(COCC(F)(F)F)c1cccc2ncccc12. The number of hydrogen-bond donors (Lipinski definition) is 1. The van der Waals surface area contributed by atoms with Gasteiger partial charge in [0.15, 0.2) is 0 Å². The first-order chi connectivity index (χ1) is 9.51. The van der Waals surface area contributed by atoms with Crippen molar-refractivity contribution in [2.45, 2.75) is 12.2 Å². The highest BCUT2D eigenvalue weighted by Gasteiger charge is 2.28. The highest BCUT2D eigenvalue weighted by molar-refractivity contribution is 5.82. The van der Waals surface area contributed by atoms with Crippen molar-refractivity contribution in [1.29, 1.82) is 0 Å². The van der Waals surface area contributed by atoms with E-state index in [1.54, 1.807) is 19.3 Å². The zero-order chi connectivity index (χ0) is 14.6. The first-order valence-electron chi connectivity index (χ1n) is 6.16. The summed E-state index contributed by atoms with van der Waals surface area (Å²) >= 11 is 0. The summed E-state index contributed by atoms with van der Waals surface area (Å²) in [6, 6.07) is 8.94. The smallest absolute Gasteiger partial charge is 0.370 e. The van der Waals surface area contributed by atoms with Crippen molar-refractivity contribution in [2.75, 3.05) is 20.3 Å².